The van der Waals surface area contributed by atoms with Gasteiger partial charge in [-0.25, -0.2) is 15.0 Å². The molecule has 3 heterocycles. The maximum atomic E-state index is 5.60. The maximum Gasteiger partial charge on any atom is 0.180 e. The molecular formula is C10H9N5S. The van der Waals surface area contributed by atoms with E-state index in [-0.39, 0.29) is 0 Å². The number of nitrogen functional groups attached to an aromatic ring is 1. The number of thiazole rings is 1. The second-order valence-corrected chi connectivity index (χ2v) is 4.67. The number of nitrogens with two attached hydrogens (primary N) is 1. The van der Waals surface area contributed by atoms with Gasteiger partial charge in [-0.15, -0.1) is 11.3 Å². The summed E-state index contributed by atoms with van der Waals surface area (Å²) in [5, 5.41) is 1.02. The van der Waals surface area contributed by atoms with Crippen LogP contribution in [0.4, 0.5) is 5.82 Å². The normalized spacial score (nSPS) is 11.1. The van der Waals surface area contributed by atoms with Gasteiger partial charge >= 0.3 is 0 Å². The first-order chi connectivity index (χ1) is 7.72. The summed E-state index contributed by atoms with van der Waals surface area (Å²) in [6, 6.07) is 3.63. The van der Waals surface area contributed by atoms with Crippen LogP contribution >= 0.6 is 11.3 Å². The lowest BCUT2D eigenvalue weighted by molar-refractivity contribution is 1.28. The number of aromatic nitrogens is 4. The molecule has 0 aliphatic carbocycles. The lowest BCUT2D eigenvalue weighted by Gasteiger charge is -1.88. The molecular weight excluding hydrogens is 222 g/mol. The average Bonchev–Trinajstić information content (AvgIpc) is 2.83. The van der Waals surface area contributed by atoms with E-state index in [1.165, 1.54) is 0 Å². The molecule has 0 saturated carbocycles. The summed E-state index contributed by atoms with van der Waals surface area (Å²) in [5.41, 5.74) is 7.13. The minimum Gasteiger partial charge on any atom is -0.384 e. The molecule has 3 N–H and O–H groups in total. The molecule has 0 amide bonds. The monoisotopic (exact) mass is 231 g/mol. The van der Waals surface area contributed by atoms with Crippen molar-refractivity contribution in [1.29, 1.82) is 0 Å². The van der Waals surface area contributed by atoms with Crippen LogP contribution in [0.25, 0.3) is 21.9 Å². The van der Waals surface area contributed by atoms with Crippen molar-refractivity contribution >= 4 is 28.3 Å². The summed E-state index contributed by atoms with van der Waals surface area (Å²) in [6.45, 7) is 1.97. The van der Waals surface area contributed by atoms with E-state index < -0.39 is 0 Å². The van der Waals surface area contributed by atoms with Crippen LogP contribution in [0.2, 0.25) is 0 Å². The van der Waals surface area contributed by atoms with Crippen molar-refractivity contribution in [2.45, 2.75) is 6.92 Å². The van der Waals surface area contributed by atoms with Crippen LogP contribution in [0.15, 0.2) is 18.3 Å². The van der Waals surface area contributed by atoms with E-state index in [1.54, 1.807) is 23.6 Å². The molecule has 3 rings (SSSR count). The number of H-pyrrole nitrogens is 1. The largest absolute Gasteiger partial charge is 0.384 e. The predicted molar refractivity (Wildman–Crippen MR) is 64.1 cm³/mol. The summed E-state index contributed by atoms with van der Waals surface area (Å²) in [4.78, 5) is 16.9. The van der Waals surface area contributed by atoms with Gasteiger partial charge in [0.25, 0.3) is 0 Å². The first-order valence-corrected chi connectivity index (χ1v) is 5.59. The molecule has 80 valence electrons. The number of fused-ring (bicyclic) bond motifs is 1. The molecule has 0 aliphatic rings. The van der Waals surface area contributed by atoms with Crippen molar-refractivity contribution in [2.24, 2.45) is 0 Å². The third kappa shape index (κ3) is 1.43. The highest BCUT2D eigenvalue weighted by Crippen LogP contribution is 2.25. The molecule has 5 nitrogen and oxygen atoms in total. The van der Waals surface area contributed by atoms with Crippen molar-refractivity contribution in [2.75, 3.05) is 5.73 Å². The first-order valence-electron chi connectivity index (χ1n) is 4.77. The molecule has 16 heavy (non-hydrogen) atoms. The molecule has 0 aliphatic heterocycles. The zero-order valence-electron chi connectivity index (χ0n) is 8.56. The average molecular weight is 231 g/mol. The fourth-order valence-electron chi connectivity index (χ4n) is 1.49. The Kier molecular flexibility index (Phi) is 1.90. The Balaban J connectivity index is 2.18. The van der Waals surface area contributed by atoms with Gasteiger partial charge in [0.15, 0.2) is 11.5 Å². The zero-order chi connectivity index (χ0) is 11.1. The number of rotatable bonds is 1. The van der Waals surface area contributed by atoms with Crippen molar-refractivity contribution < 1.29 is 0 Å². The number of nitrogens with one attached hydrogen (secondary N) is 1. The van der Waals surface area contributed by atoms with Gasteiger partial charge in [-0.1, -0.05) is 0 Å². The van der Waals surface area contributed by atoms with Crippen LogP contribution in [-0.2, 0) is 0 Å². The second-order valence-electron chi connectivity index (χ2n) is 3.44. The quantitative estimate of drug-likeness (QED) is 0.671. The highest BCUT2D eigenvalue weighted by atomic mass is 32.1. The van der Waals surface area contributed by atoms with Crippen LogP contribution in [-0.4, -0.2) is 19.9 Å². The van der Waals surface area contributed by atoms with E-state index in [9.17, 15) is 0 Å². The van der Waals surface area contributed by atoms with Crippen LogP contribution in [0, 0.1) is 6.92 Å². The minimum atomic E-state index is 0.478. The van der Waals surface area contributed by atoms with Crippen LogP contribution in [0.3, 0.4) is 0 Å². The number of hydrogen-bond acceptors (Lipinski definition) is 5. The number of anilines is 1. The lowest BCUT2D eigenvalue weighted by atomic mass is 10.4. The van der Waals surface area contributed by atoms with Gasteiger partial charge in [0.2, 0.25) is 0 Å². The summed E-state index contributed by atoms with van der Waals surface area (Å²) in [5.74, 6) is 1.27. The van der Waals surface area contributed by atoms with Crippen LogP contribution in [0.1, 0.15) is 5.01 Å². The molecule has 3 aromatic heterocycles. The van der Waals surface area contributed by atoms with Crippen molar-refractivity contribution in [3.8, 4) is 10.7 Å². The van der Waals surface area contributed by atoms with Gasteiger partial charge in [0, 0.05) is 6.20 Å². The molecule has 0 unspecified atom stereocenters. The molecule has 3 aromatic rings. The van der Waals surface area contributed by atoms with E-state index in [2.05, 4.69) is 19.9 Å². The molecule has 0 radical (unpaired) electrons. The van der Waals surface area contributed by atoms with Gasteiger partial charge in [-0.2, -0.15) is 0 Å². The molecule has 0 atom stereocenters. The fraction of sp³-hybridized carbons (Fsp3) is 0.100. The summed E-state index contributed by atoms with van der Waals surface area (Å²) in [6.07, 6.45) is 1.81. The molecule has 0 fully saturated rings. The van der Waals surface area contributed by atoms with Crippen molar-refractivity contribution in [3.63, 3.8) is 0 Å². The Morgan fingerprint density at radius 1 is 1.31 bits per heavy atom. The maximum absolute atomic E-state index is 5.60. The smallest absolute Gasteiger partial charge is 0.180 e. The molecule has 0 bridgehead atoms. The summed E-state index contributed by atoms with van der Waals surface area (Å²) < 4.78 is 0. The Morgan fingerprint density at radius 3 is 2.94 bits per heavy atom. The number of nitrogens with zero attached hydrogens (tertiary/aromatic N) is 3. The minimum absolute atomic E-state index is 0.478. The number of aryl methyl sites for hydroxylation is 1. The Bertz CT molecular complexity index is 654. The van der Waals surface area contributed by atoms with Crippen molar-refractivity contribution in [1.82, 2.24) is 19.9 Å². The Morgan fingerprint density at radius 2 is 2.19 bits per heavy atom. The molecule has 6 heteroatoms. The third-order valence-electron chi connectivity index (χ3n) is 2.22. The number of aromatic amines is 1. The van der Waals surface area contributed by atoms with Gasteiger partial charge in [-0.05, 0) is 19.1 Å². The van der Waals surface area contributed by atoms with Gasteiger partial charge < -0.3 is 10.7 Å². The van der Waals surface area contributed by atoms with Gasteiger partial charge in [0.05, 0.1) is 15.4 Å². The van der Waals surface area contributed by atoms with Gasteiger partial charge in [0.1, 0.15) is 5.82 Å². The van der Waals surface area contributed by atoms with Crippen LogP contribution < -0.4 is 5.73 Å². The van der Waals surface area contributed by atoms with E-state index in [1.807, 2.05) is 13.0 Å². The Hall–Kier alpha value is -1.95. The molecule has 0 spiro atoms. The van der Waals surface area contributed by atoms with E-state index >= 15 is 0 Å². The standard InChI is InChI=1S/C10H9N5S/c1-5-12-4-7(16-5)10-13-6-2-3-8(11)14-9(6)15-10/h2-4H,1H3,(H3,11,13,14,15). The number of hydrogen-bond donors (Lipinski definition) is 2. The topological polar surface area (TPSA) is 80.5 Å². The number of pyridine rings is 1. The first kappa shape index (κ1) is 9.29. The van der Waals surface area contributed by atoms with E-state index in [0.29, 0.717) is 11.5 Å². The summed E-state index contributed by atoms with van der Waals surface area (Å²) in [7, 11) is 0. The van der Waals surface area contributed by atoms with Crippen LogP contribution in [0.5, 0.6) is 0 Å². The zero-order valence-corrected chi connectivity index (χ0v) is 9.38. The SMILES string of the molecule is Cc1ncc(-c2nc3nc(N)ccc3[nH]2)s1. The fourth-order valence-corrected chi connectivity index (χ4v) is 2.22. The van der Waals surface area contributed by atoms with Gasteiger partial charge in [-0.3, -0.25) is 0 Å². The highest BCUT2D eigenvalue weighted by molar-refractivity contribution is 7.14. The molecule has 0 saturated heterocycles. The third-order valence-corrected chi connectivity index (χ3v) is 3.14. The van der Waals surface area contributed by atoms with E-state index in [0.717, 1.165) is 21.2 Å². The Labute approximate surface area is 95.4 Å². The lowest BCUT2D eigenvalue weighted by Crippen LogP contribution is -1.88. The molecule has 0 aromatic carbocycles. The van der Waals surface area contributed by atoms with E-state index in [4.69, 9.17) is 5.73 Å². The second kappa shape index (κ2) is 3.28. The summed E-state index contributed by atoms with van der Waals surface area (Å²) >= 11 is 1.60. The predicted octanol–water partition coefficient (Wildman–Crippen LogP) is 1.97. The highest BCUT2D eigenvalue weighted by Gasteiger charge is 2.08. The van der Waals surface area contributed by atoms with Crippen molar-refractivity contribution in [3.05, 3.63) is 23.3 Å². The number of imidazole rings is 1.